The predicted octanol–water partition coefficient (Wildman–Crippen LogP) is 5.32. The molecule has 1 saturated heterocycles. The second kappa shape index (κ2) is 12.3. The second-order valence-electron chi connectivity index (χ2n) is 11.3. The third kappa shape index (κ3) is 5.77. The SMILES string of the molecule is CCN1CCNC(=O)C1c1ccc(Nc2nc(-c3ccc(F)c(NC(=O)c4cc5c(s4)CCCC5)c3C)cn(C)c2=O)cc1. The lowest BCUT2D eigenvalue weighted by molar-refractivity contribution is -0.129. The average molecular weight is 615 g/mol. The van der Waals surface area contributed by atoms with Crippen LogP contribution >= 0.6 is 11.3 Å². The monoisotopic (exact) mass is 614 g/mol. The maximum Gasteiger partial charge on any atom is 0.293 e. The number of hydrogen-bond donors (Lipinski definition) is 3. The summed E-state index contributed by atoms with van der Waals surface area (Å²) in [5.74, 6) is -0.809. The lowest BCUT2D eigenvalue weighted by atomic mass is 9.99. The number of halogens is 1. The van der Waals surface area contributed by atoms with Crippen molar-refractivity contribution in [1.29, 1.82) is 0 Å². The molecule has 9 nitrogen and oxygen atoms in total. The van der Waals surface area contributed by atoms with Crippen molar-refractivity contribution in [2.45, 2.75) is 45.6 Å². The summed E-state index contributed by atoms with van der Waals surface area (Å²) in [6.07, 6.45) is 5.78. The van der Waals surface area contributed by atoms with Crippen molar-refractivity contribution < 1.29 is 14.0 Å². The van der Waals surface area contributed by atoms with Crippen LogP contribution in [0.15, 0.2) is 53.5 Å². The van der Waals surface area contributed by atoms with E-state index in [0.717, 1.165) is 44.3 Å². The van der Waals surface area contributed by atoms with Crippen LogP contribution in [0, 0.1) is 12.7 Å². The summed E-state index contributed by atoms with van der Waals surface area (Å²) in [4.78, 5) is 47.3. The van der Waals surface area contributed by atoms with Crippen molar-refractivity contribution in [2.24, 2.45) is 7.05 Å². The van der Waals surface area contributed by atoms with Crippen molar-refractivity contribution in [3.63, 3.8) is 0 Å². The fourth-order valence-electron chi connectivity index (χ4n) is 6.01. The molecule has 1 unspecified atom stereocenters. The Morgan fingerprint density at radius 1 is 1.14 bits per heavy atom. The number of aromatic nitrogens is 2. The summed E-state index contributed by atoms with van der Waals surface area (Å²) < 4.78 is 16.5. The maximum absolute atomic E-state index is 15.1. The lowest BCUT2D eigenvalue weighted by Gasteiger charge is -2.34. The molecule has 4 aromatic rings. The van der Waals surface area contributed by atoms with Gasteiger partial charge in [0.15, 0.2) is 5.82 Å². The van der Waals surface area contributed by atoms with E-state index in [1.807, 2.05) is 37.3 Å². The summed E-state index contributed by atoms with van der Waals surface area (Å²) in [6.45, 7) is 5.93. The molecular weight excluding hydrogens is 579 g/mol. The highest BCUT2D eigenvalue weighted by Crippen LogP contribution is 2.33. The van der Waals surface area contributed by atoms with Crippen molar-refractivity contribution in [3.05, 3.63) is 91.3 Å². The Balaban J connectivity index is 1.26. The van der Waals surface area contributed by atoms with Crippen molar-refractivity contribution in [2.75, 3.05) is 30.3 Å². The number of thiophene rings is 1. The summed E-state index contributed by atoms with van der Waals surface area (Å²) in [5.41, 5.74) is 4.01. The highest BCUT2D eigenvalue weighted by molar-refractivity contribution is 7.14. The fraction of sp³-hybridized carbons (Fsp3) is 0.333. The highest BCUT2D eigenvalue weighted by atomic mass is 32.1. The molecule has 6 rings (SSSR count). The molecule has 0 spiro atoms. The van der Waals surface area contributed by atoms with Crippen LogP contribution in [0.2, 0.25) is 0 Å². The van der Waals surface area contributed by atoms with Crippen LogP contribution in [0.1, 0.15) is 57.0 Å². The number of benzene rings is 2. The van der Waals surface area contributed by atoms with E-state index >= 15 is 4.39 Å². The minimum absolute atomic E-state index is 0.0261. The quantitative estimate of drug-likeness (QED) is 0.260. The van der Waals surface area contributed by atoms with Crippen LogP contribution in [-0.2, 0) is 24.7 Å². The van der Waals surface area contributed by atoms with Gasteiger partial charge in [-0.05, 0) is 86.2 Å². The Morgan fingerprint density at radius 3 is 2.66 bits per heavy atom. The minimum Gasteiger partial charge on any atom is -0.353 e. The van der Waals surface area contributed by atoms with Crippen LogP contribution in [0.4, 0.5) is 21.6 Å². The first-order valence-electron chi connectivity index (χ1n) is 14.9. The maximum atomic E-state index is 15.1. The molecule has 228 valence electrons. The molecule has 0 bridgehead atoms. The molecule has 1 aliphatic heterocycles. The van der Waals surface area contributed by atoms with Crippen LogP contribution in [-0.4, -0.2) is 45.9 Å². The summed E-state index contributed by atoms with van der Waals surface area (Å²) in [7, 11) is 1.63. The highest BCUT2D eigenvalue weighted by Gasteiger charge is 2.30. The molecule has 3 N–H and O–H groups in total. The van der Waals surface area contributed by atoms with Gasteiger partial charge in [-0.25, -0.2) is 9.37 Å². The minimum atomic E-state index is -0.544. The fourth-order valence-corrected chi connectivity index (χ4v) is 7.16. The molecule has 1 fully saturated rings. The molecule has 2 aromatic heterocycles. The molecule has 0 saturated carbocycles. The van der Waals surface area contributed by atoms with E-state index in [0.29, 0.717) is 33.9 Å². The number of hydrogen-bond acceptors (Lipinski definition) is 7. The average Bonchev–Trinajstić information content (AvgIpc) is 3.46. The number of amides is 2. The van der Waals surface area contributed by atoms with Crippen LogP contribution in [0.3, 0.4) is 0 Å². The Labute approximate surface area is 259 Å². The number of piperazine rings is 1. The van der Waals surface area contributed by atoms with Gasteiger partial charge in [-0.15, -0.1) is 11.3 Å². The van der Waals surface area contributed by atoms with Crippen molar-refractivity contribution in [3.8, 4) is 11.3 Å². The smallest absolute Gasteiger partial charge is 0.293 e. The van der Waals surface area contributed by atoms with Gasteiger partial charge in [-0.2, -0.15) is 0 Å². The number of carbonyl (C=O) groups is 2. The van der Waals surface area contributed by atoms with Crippen LogP contribution in [0.25, 0.3) is 11.3 Å². The number of likely N-dealkylation sites (N-methyl/N-ethyl adjacent to an activating group) is 1. The number of rotatable bonds is 7. The molecule has 2 aliphatic rings. The van der Waals surface area contributed by atoms with Gasteiger partial charge in [0.1, 0.15) is 11.9 Å². The molecule has 44 heavy (non-hydrogen) atoms. The first kappa shape index (κ1) is 29.7. The molecule has 3 heterocycles. The molecule has 0 radical (unpaired) electrons. The Morgan fingerprint density at radius 2 is 1.91 bits per heavy atom. The molecule has 2 amide bonds. The Kier molecular flexibility index (Phi) is 8.33. The molecule has 11 heteroatoms. The van der Waals surface area contributed by atoms with E-state index in [2.05, 4.69) is 25.8 Å². The molecule has 1 aliphatic carbocycles. The summed E-state index contributed by atoms with van der Waals surface area (Å²) in [5, 5.41) is 8.83. The van der Waals surface area contributed by atoms with Crippen LogP contribution < -0.4 is 21.5 Å². The second-order valence-corrected chi connectivity index (χ2v) is 12.4. The van der Waals surface area contributed by atoms with Gasteiger partial charge in [0.2, 0.25) is 5.91 Å². The standard InChI is InChI=1S/C33H35FN6O3S/c1-4-40-16-15-35-32(42)29(40)20-9-11-22(12-10-20)36-30-33(43)39(3)18-25(37-30)23-13-14-24(34)28(19(23)2)38-31(41)27-17-21-7-5-6-8-26(21)44-27/h9-14,17-18,29H,4-8,15-16H2,1-3H3,(H,35,42)(H,36,37)(H,38,41). The topological polar surface area (TPSA) is 108 Å². The van der Waals surface area contributed by atoms with E-state index in [4.69, 9.17) is 0 Å². The number of carbonyl (C=O) groups excluding carboxylic acids is 2. The van der Waals surface area contributed by atoms with Gasteiger partial charge in [-0.1, -0.05) is 19.1 Å². The van der Waals surface area contributed by atoms with Gasteiger partial charge < -0.3 is 20.5 Å². The molecule has 2 aromatic carbocycles. The van der Waals surface area contributed by atoms with Gasteiger partial charge in [0, 0.05) is 42.5 Å². The summed E-state index contributed by atoms with van der Waals surface area (Å²) >= 11 is 1.48. The normalized spacial score (nSPS) is 16.7. The largest absolute Gasteiger partial charge is 0.353 e. The molecule has 1 atom stereocenters. The number of aryl methyl sites for hydroxylation is 3. The van der Waals surface area contributed by atoms with E-state index < -0.39 is 5.82 Å². The number of nitrogens with zero attached hydrogens (tertiary/aromatic N) is 3. The van der Waals surface area contributed by atoms with Gasteiger partial charge in [0.05, 0.1) is 16.3 Å². The van der Waals surface area contributed by atoms with Gasteiger partial charge >= 0.3 is 0 Å². The first-order chi connectivity index (χ1) is 21.2. The zero-order valence-corrected chi connectivity index (χ0v) is 25.8. The van der Waals surface area contributed by atoms with E-state index in [1.54, 1.807) is 26.2 Å². The van der Waals surface area contributed by atoms with E-state index in [9.17, 15) is 14.4 Å². The van der Waals surface area contributed by atoms with Gasteiger partial charge in [0.25, 0.3) is 11.5 Å². The van der Waals surface area contributed by atoms with E-state index in [-0.39, 0.29) is 34.9 Å². The van der Waals surface area contributed by atoms with E-state index in [1.165, 1.54) is 32.4 Å². The zero-order chi connectivity index (χ0) is 31.0. The predicted molar refractivity (Wildman–Crippen MR) is 171 cm³/mol. The number of nitrogens with one attached hydrogen (secondary N) is 3. The number of fused-ring (bicyclic) bond motifs is 1. The Hall–Kier alpha value is -4.35. The van der Waals surface area contributed by atoms with Crippen molar-refractivity contribution in [1.82, 2.24) is 19.8 Å². The third-order valence-electron chi connectivity index (χ3n) is 8.43. The van der Waals surface area contributed by atoms with Crippen molar-refractivity contribution >= 4 is 40.3 Å². The summed E-state index contributed by atoms with van der Waals surface area (Å²) in [6, 6.07) is 11.8. The van der Waals surface area contributed by atoms with Gasteiger partial charge in [-0.3, -0.25) is 19.3 Å². The third-order valence-corrected chi connectivity index (χ3v) is 9.66. The zero-order valence-electron chi connectivity index (χ0n) is 25.0. The van der Waals surface area contributed by atoms with Crippen LogP contribution in [0.5, 0.6) is 0 Å². The molecular formula is C33H35FN6O3S. The lowest BCUT2D eigenvalue weighted by Crippen LogP contribution is -2.49. The number of anilines is 3. The first-order valence-corrected chi connectivity index (χ1v) is 15.7. The Bertz CT molecular complexity index is 1770.